The van der Waals surface area contributed by atoms with Crippen molar-refractivity contribution in [3.63, 3.8) is 0 Å². The summed E-state index contributed by atoms with van der Waals surface area (Å²) in [7, 11) is 0. The van der Waals surface area contributed by atoms with Crippen LogP contribution in [-0.4, -0.2) is 45.9 Å². The van der Waals surface area contributed by atoms with Gasteiger partial charge < -0.3 is 10.2 Å². The van der Waals surface area contributed by atoms with E-state index in [1.165, 1.54) is 0 Å². The maximum Gasteiger partial charge on any atom is 0.410 e. The summed E-state index contributed by atoms with van der Waals surface area (Å²) in [6.07, 6.45) is -2.73. The Morgan fingerprint density at radius 2 is 2.12 bits per heavy atom. The molecule has 0 aromatic carbocycles. The first-order valence-electron chi connectivity index (χ1n) is 8.85. The van der Waals surface area contributed by atoms with Gasteiger partial charge in [-0.15, -0.1) is 0 Å². The second kappa shape index (κ2) is 6.53. The van der Waals surface area contributed by atoms with Gasteiger partial charge >= 0.3 is 6.18 Å². The zero-order chi connectivity index (χ0) is 18.4. The normalized spacial score (nSPS) is 27.2. The number of rotatable bonds is 2. The Labute approximate surface area is 145 Å². The number of anilines is 1. The summed E-state index contributed by atoms with van der Waals surface area (Å²) in [5.41, 5.74) is 0.567. The van der Waals surface area contributed by atoms with Crippen molar-refractivity contribution in [3.8, 4) is 0 Å². The molecule has 0 radical (unpaired) electrons. The summed E-state index contributed by atoms with van der Waals surface area (Å²) in [4.78, 5) is 14.1. The Bertz CT molecular complexity index is 640. The number of halogens is 3. The molecule has 1 amide bonds. The first kappa shape index (κ1) is 18.1. The fraction of sp³-hybridized carbons (Fsp3) is 0.765. The molecular formula is C17H25F3N4O. The monoisotopic (exact) mass is 358 g/mol. The van der Waals surface area contributed by atoms with Gasteiger partial charge in [-0.1, -0.05) is 13.8 Å². The fourth-order valence-corrected chi connectivity index (χ4v) is 3.94. The van der Waals surface area contributed by atoms with Crippen LogP contribution in [0.3, 0.4) is 0 Å². The lowest BCUT2D eigenvalue weighted by atomic mass is 9.85. The molecule has 5 nitrogen and oxygen atoms in total. The number of nitrogens with zero attached hydrogens (tertiary/aromatic N) is 3. The lowest BCUT2D eigenvalue weighted by molar-refractivity contribution is -0.175. The topological polar surface area (TPSA) is 50.2 Å². The van der Waals surface area contributed by atoms with E-state index in [2.05, 4.69) is 10.4 Å². The predicted molar refractivity (Wildman–Crippen MR) is 88.2 cm³/mol. The van der Waals surface area contributed by atoms with Crippen LogP contribution in [0.5, 0.6) is 0 Å². The zero-order valence-electron chi connectivity index (χ0n) is 14.8. The number of hydrogen-bond donors (Lipinski definition) is 1. The molecule has 0 saturated carbocycles. The Morgan fingerprint density at radius 1 is 1.40 bits per heavy atom. The molecule has 25 heavy (non-hydrogen) atoms. The molecule has 0 spiro atoms. The van der Waals surface area contributed by atoms with Gasteiger partial charge in [-0.05, 0) is 32.1 Å². The highest BCUT2D eigenvalue weighted by molar-refractivity contribution is 5.78. The van der Waals surface area contributed by atoms with Gasteiger partial charge in [-0.3, -0.25) is 4.79 Å². The van der Waals surface area contributed by atoms with Crippen LogP contribution >= 0.6 is 0 Å². The average Bonchev–Trinajstić information content (AvgIpc) is 2.92. The molecule has 1 aromatic rings. The van der Waals surface area contributed by atoms with Crippen LogP contribution in [0, 0.1) is 18.8 Å². The molecule has 3 rings (SSSR count). The molecule has 140 valence electrons. The first-order valence-corrected chi connectivity index (χ1v) is 8.85. The van der Waals surface area contributed by atoms with E-state index >= 15 is 0 Å². The second-order valence-corrected chi connectivity index (χ2v) is 7.50. The van der Waals surface area contributed by atoms with Crippen LogP contribution in [0.2, 0.25) is 0 Å². The van der Waals surface area contributed by atoms with Crippen LogP contribution in [0.15, 0.2) is 6.07 Å². The number of carbonyl (C=O) groups excluding carboxylic acids is 1. The van der Waals surface area contributed by atoms with Crippen molar-refractivity contribution in [3.05, 3.63) is 11.8 Å². The number of fused-ring (bicyclic) bond motifs is 1. The zero-order valence-corrected chi connectivity index (χ0v) is 14.8. The van der Waals surface area contributed by atoms with E-state index < -0.39 is 12.2 Å². The van der Waals surface area contributed by atoms with E-state index in [1.54, 1.807) is 17.9 Å². The molecular weight excluding hydrogens is 333 g/mol. The minimum atomic E-state index is -4.34. The maximum absolute atomic E-state index is 13.5. The van der Waals surface area contributed by atoms with Crippen LogP contribution in [-0.2, 0) is 4.79 Å². The van der Waals surface area contributed by atoms with Crippen molar-refractivity contribution in [2.75, 3.05) is 18.4 Å². The van der Waals surface area contributed by atoms with E-state index in [1.807, 2.05) is 13.8 Å². The summed E-state index contributed by atoms with van der Waals surface area (Å²) in [5.74, 6) is 0.424. The number of alkyl halides is 3. The number of likely N-dealkylation sites (tertiary alicyclic amines) is 1. The van der Waals surface area contributed by atoms with Crippen molar-refractivity contribution in [2.24, 2.45) is 11.8 Å². The molecule has 0 unspecified atom stereocenters. The summed E-state index contributed by atoms with van der Waals surface area (Å²) in [6, 6.07) is -0.262. The van der Waals surface area contributed by atoms with Crippen LogP contribution < -0.4 is 5.32 Å². The molecule has 1 saturated heterocycles. The Balaban J connectivity index is 1.80. The maximum atomic E-state index is 13.5. The molecule has 8 heteroatoms. The lowest BCUT2D eigenvalue weighted by Gasteiger charge is -2.42. The molecule has 2 aliphatic heterocycles. The predicted octanol–water partition coefficient (Wildman–Crippen LogP) is 3.37. The number of piperidine rings is 1. The van der Waals surface area contributed by atoms with Gasteiger partial charge in [0.15, 0.2) is 6.04 Å². The third-order valence-corrected chi connectivity index (χ3v) is 5.17. The number of nitrogens with one attached hydrogen (secondary N) is 1. The van der Waals surface area contributed by atoms with Gasteiger partial charge in [-0.25, -0.2) is 4.68 Å². The third kappa shape index (κ3) is 3.62. The lowest BCUT2D eigenvalue weighted by Crippen LogP contribution is -2.49. The molecule has 0 bridgehead atoms. The number of hydrogen-bond acceptors (Lipinski definition) is 3. The van der Waals surface area contributed by atoms with Gasteiger partial charge in [0.1, 0.15) is 5.82 Å². The van der Waals surface area contributed by atoms with Crippen molar-refractivity contribution in [1.82, 2.24) is 14.7 Å². The van der Waals surface area contributed by atoms with E-state index in [-0.39, 0.29) is 30.2 Å². The standard InChI is InChI=1S/C17H25F3N4O/c1-10(2)16(25)23-6-4-5-12(9-23)13-8-14(17(18,19)20)24-15(21-13)7-11(3)22-24/h7,10,12-14,21H,4-6,8-9H2,1-3H3/t12-,13+,14-/m1/s1. The quantitative estimate of drug-likeness (QED) is 0.882. The Morgan fingerprint density at radius 3 is 2.76 bits per heavy atom. The van der Waals surface area contributed by atoms with Gasteiger partial charge in [0.25, 0.3) is 0 Å². The molecule has 0 aliphatic carbocycles. The summed E-state index contributed by atoms with van der Waals surface area (Å²) >= 11 is 0. The van der Waals surface area contributed by atoms with Gasteiger partial charge in [0, 0.05) is 31.1 Å². The number of aryl methyl sites for hydroxylation is 1. The summed E-state index contributed by atoms with van der Waals surface area (Å²) in [6.45, 7) is 6.61. The van der Waals surface area contributed by atoms with E-state index in [9.17, 15) is 18.0 Å². The molecule has 2 aliphatic rings. The highest BCUT2D eigenvalue weighted by atomic mass is 19.4. The van der Waals surface area contributed by atoms with Gasteiger partial charge in [-0.2, -0.15) is 18.3 Å². The average molecular weight is 358 g/mol. The highest BCUT2D eigenvalue weighted by Crippen LogP contribution is 2.42. The molecule has 3 atom stereocenters. The molecule has 3 heterocycles. The number of aromatic nitrogens is 2. The highest BCUT2D eigenvalue weighted by Gasteiger charge is 2.47. The fourth-order valence-electron chi connectivity index (χ4n) is 3.94. The van der Waals surface area contributed by atoms with Gasteiger partial charge in [0.2, 0.25) is 5.91 Å². The largest absolute Gasteiger partial charge is 0.410 e. The molecule has 1 aromatic heterocycles. The van der Waals surface area contributed by atoms with Crippen LogP contribution in [0.1, 0.15) is 44.8 Å². The molecule has 1 N–H and O–H groups in total. The SMILES string of the molecule is Cc1cc2n(n1)[C@@H](C(F)(F)F)C[C@@H]([C@@H]1CCCN(C(=O)C(C)C)C1)N2. The Kier molecular flexibility index (Phi) is 4.72. The van der Waals surface area contributed by atoms with Crippen molar-refractivity contribution >= 4 is 11.7 Å². The van der Waals surface area contributed by atoms with Crippen LogP contribution in [0.4, 0.5) is 19.0 Å². The minimum Gasteiger partial charge on any atom is -0.367 e. The van der Waals surface area contributed by atoms with E-state index in [0.717, 1.165) is 17.5 Å². The van der Waals surface area contributed by atoms with Crippen molar-refractivity contribution < 1.29 is 18.0 Å². The third-order valence-electron chi connectivity index (χ3n) is 5.17. The number of amides is 1. The van der Waals surface area contributed by atoms with Crippen molar-refractivity contribution in [2.45, 2.75) is 58.3 Å². The van der Waals surface area contributed by atoms with Gasteiger partial charge in [0.05, 0.1) is 5.69 Å². The second-order valence-electron chi connectivity index (χ2n) is 7.50. The minimum absolute atomic E-state index is 0.0188. The number of carbonyl (C=O) groups is 1. The van der Waals surface area contributed by atoms with E-state index in [4.69, 9.17) is 0 Å². The summed E-state index contributed by atoms with van der Waals surface area (Å²) in [5, 5.41) is 7.26. The first-order chi connectivity index (χ1) is 11.7. The van der Waals surface area contributed by atoms with E-state index in [0.29, 0.717) is 24.6 Å². The Hall–Kier alpha value is -1.73. The van der Waals surface area contributed by atoms with Crippen LogP contribution in [0.25, 0.3) is 0 Å². The smallest absolute Gasteiger partial charge is 0.367 e. The molecule has 1 fully saturated rings. The van der Waals surface area contributed by atoms with Crippen molar-refractivity contribution in [1.29, 1.82) is 0 Å². The summed E-state index contributed by atoms with van der Waals surface area (Å²) < 4.78 is 41.6.